The molecular formula is C19H18F4N2O2S. The number of hydrogen-bond acceptors (Lipinski definition) is 4. The van der Waals surface area contributed by atoms with E-state index < -0.39 is 23.5 Å². The second-order valence-electron chi connectivity index (χ2n) is 6.09. The van der Waals surface area contributed by atoms with Gasteiger partial charge in [-0.15, -0.1) is 11.8 Å². The minimum Gasteiger partial charge on any atom is -0.378 e. The van der Waals surface area contributed by atoms with Crippen molar-refractivity contribution in [2.75, 3.05) is 42.3 Å². The van der Waals surface area contributed by atoms with E-state index in [0.717, 1.165) is 17.8 Å². The van der Waals surface area contributed by atoms with Crippen LogP contribution in [0.4, 0.5) is 28.9 Å². The molecule has 2 aromatic rings. The molecule has 0 bridgehead atoms. The lowest BCUT2D eigenvalue weighted by molar-refractivity contribution is -0.136. The summed E-state index contributed by atoms with van der Waals surface area (Å²) >= 11 is 0.923. The normalized spacial score (nSPS) is 14.8. The predicted molar refractivity (Wildman–Crippen MR) is 100 cm³/mol. The summed E-state index contributed by atoms with van der Waals surface area (Å²) in [6, 6.07) is 9.73. The number of hydrogen-bond donors (Lipinski definition) is 1. The van der Waals surface area contributed by atoms with Gasteiger partial charge in [0.25, 0.3) is 0 Å². The number of benzene rings is 2. The summed E-state index contributed by atoms with van der Waals surface area (Å²) in [5.74, 6) is -1.33. The maximum atomic E-state index is 13.6. The Hall–Kier alpha value is -2.26. The van der Waals surface area contributed by atoms with E-state index >= 15 is 0 Å². The van der Waals surface area contributed by atoms with Gasteiger partial charge >= 0.3 is 6.18 Å². The van der Waals surface area contributed by atoms with E-state index in [1.165, 1.54) is 24.3 Å². The van der Waals surface area contributed by atoms with E-state index in [1.54, 1.807) is 17.0 Å². The van der Waals surface area contributed by atoms with Gasteiger partial charge in [0, 0.05) is 23.7 Å². The number of thioether (sulfide) groups is 1. The van der Waals surface area contributed by atoms with Crippen LogP contribution in [0.25, 0.3) is 0 Å². The molecule has 0 atom stereocenters. The standard InChI is InChI=1S/C19H18F4N2O2S/c20-15-3-1-2-4-17(15)28-12-18(26)24-16-6-5-13(11-14(16)19(21,22)23)25-7-9-27-10-8-25/h1-6,11H,7-10,12H2,(H,24,26). The predicted octanol–water partition coefficient (Wildman–Crippen LogP) is 4.41. The van der Waals surface area contributed by atoms with E-state index in [4.69, 9.17) is 4.74 Å². The Bertz CT molecular complexity index is 839. The Morgan fingerprint density at radius 3 is 2.54 bits per heavy atom. The van der Waals surface area contributed by atoms with Crippen LogP contribution >= 0.6 is 11.8 Å². The fourth-order valence-corrected chi connectivity index (χ4v) is 3.52. The molecule has 0 saturated carbocycles. The zero-order valence-electron chi connectivity index (χ0n) is 14.8. The highest BCUT2D eigenvalue weighted by Crippen LogP contribution is 2.37. The maximum Gasteiger partial charge on any atom is 0.418 e. The molecule has 3 rings (SSSR count). The average molecular weight is 414 g/mol. The molecule has 1 aliphatic heterocycles. The summed E-state index contributed by atoms with van der Waals surface area (Å²) in [7, 11) is 0. The Balaban J connectivity index is 1.73. The number of rotatable bonds is 5. The van der Waals surface area contributed by atoms with Crippen LogP contribution in [-0.4, -0.2) is 38.0 Å². The number of nitrogens with one attached hydrogen (secondary N) is 1. The molecule has 2 aromatic carbocycles. The number of ether oxygens (including phenoxy) is 1. The van der Waals surface area contributed by atoms with Crippen LogP contribution in [-0.2, 0) is 15.7 Å². The number of carbonyl (C=O) groups is 1. The van der Waals surface area contributed by atoms with Gasteiger partial charge in [-0.2, -0.15) is 13.2 Å². The second-order valence-corrected chi connectivity index (χ2v) is 7.11. The largest absolute Gasteiger partial charge is 0.418 e. The molecule has 1 amide bonds. The highest BCUT2D eigenvalue weighted by Gasteiger charge is 2.34. The molecule has 9 heteroatoms. The molecule has 0 radical (unpaired) electrons. The van der Waals surface area contributed by atoms with E-state index in [9.17, 15) is 22.4 Å². The van der Waals surface area contributed by atoms with Gasteiger partial charge in [0.1, 0.15) is 5.82 Å². The molecule has 1 aliphatic rings. The lowest BCUT2D eigenvalue weighted by Gasteiger charge is -2.29. The smallest absolute Gasteiger partial charge is 0.378 e. The minimum absolute atomic E-state index is 0.205. The Morgan fingerprint density at radius 1 is 1.14 bits per heavy atom. The number of nitrogens with zero attached hydrogens (tertiary/aromatic N) is 1. The van der Waals surface area contributed by atoms with Crippen molar-refractivity contribution in [3.63, 3.8) is 0 Å². The van der Waals surface area contributed by atoms with Crippen molar-refractivity contribution in [3.8, 4) is 0 Å². The zero-order valence-corrected chi connectivity index (χ0v) is 15.6. The summed E-state index contributed by atoms with van der Waals surface area (Å²) in [4.78, 5) is 14.2. The van der Waals surface area contributed by atoms with Crippen LogP contribution in [0.15, 0.2) is 47.4 Å². The quantitative estimate of drug-likeness (QED) is 0.581. The monoisotopic (exact) mass is 414 g/mol. The van der Waals surface area contributed by atoms with Gasteiger partial charge in [0.05, 0.1) is 30.2 Å². The third kappa shape index (κ3) is 5.17. The number of anilines is 2. The average Bonchev–Trinajstić information content (AvgIpc) is 2.67. The van der Waals surface area contributed by atoms with Crippen molar-refractivity contribution in [1.29, 1.82) is 0 Å². The van der Waals surface area contributed by atoms with Crippen LogP contribution in [0.5, 0.6) is 0 Å². The van der Waals surface area contributed by atoms with Crippen LogP contribution in [0.1, 0.15) is 5.56 Å². The number of carbonyl (C=O) groups excluding carboxylic acids is 1. The van der Waals surface area contributed by atoms with Crippen LogP contribution < -0.4 is 10.2 Å². The maximum absolute atomic E-state index is 13.6. The molecular weight excluding hydrogens is 396 g/mol. The number of halogens is 4. The molecule has 0 unspecified atom stereocenters. The van der Waals surface area contributed by atoms with Crippen molar-refractivity contribution < 1.29 is 27.1 Å². The molecule has 0 aliphatic carbocycles. The van der Waals surface area contributed by atoms with Crippen molar-refractivity contribution in [2.24, 2.45) is 0 Å². The highest BCUT2D eigenvalue weighted by molar-refractivity contribution is 8.00. The number of morpholine rings is 1. The van der Waals surface area contributed by atoms with Crippen molar-refractivity contribution in [3.05, 3.63) is 53.8 Å². The summed E-state index contributed by atoms with van der Waals surface area (Å²) in [6.07, 6.45) is -4.62. The third-order valence-corrected chi connectivity index (χ3v) is 5.20. The SMILES string of the molecule is O=C(CSc1ccccc1F)Nc1ccc(N2CCOCC2)cc1C(F)(F)F. The molecule has 0 spiro atoms. The summed E-state index contributed by atoms with van der Waals surface area (Å²) < 4.78 is 59.3. The lowest BCUT2D eigenvalue weighted by Crippen LogP contribution is -2.36. The van der Waals surface area contributed by atoms with E-state index in [-0.39, 0.29) is 16.3 Å². The molecule has 0 aromatic heterocycles. The first-order chi connectivity index (χ1) is 13.3. The van der Waals surface area contributed by atoms with Gasteiger partial charge in [-0.1, -0.05) is 12.1 Å². The Labute approximate surface area is 163 Å². The number of amides is 1. The number of alkyl halides is 3. The van der Waals surface area contributed by atoms with Crippen molar-refractivity contribution >= 4 is 29.0 Å². The van der Waals surface area contributed by atoms with E-state index in [0.29, 0.717) is 32.0 Å². The van der Waals surface area contributed by atoms with Gasteiger partial charge in [0.2, 0.25) is 5.91 Å². The second kappa shape index (κ2) is 8.83. The Morgan fingerprint density at radius 2 is 1.86 bits per heavy atom. The topological polar surface area (TPSA) is 41.6 Å². The van der Waals surface area contributed by atoms with Gasteiger partial charge in [-0.05, 0) is 30.3 Å². The highest BCUT2D eigenvalue weighted by atomic mass is 32.2. The molecule has 1 heterocycles. The first-order valence-electron chi connectivity index (χ1n) is 8.56. The summed E-state index contributed by atoms with van der Waals surface area (Å²) in [5, 5.41) is 2.29. The van der Waals surface area contributed by atoms with Gasteiger partial charge in [-0.3, -0.25) is 4.79 Å². The van der Waals surface area contributed by atoms with Gasteiger partial charge < -0.3 is 15.0 Å². The first kappa shape index (κ1) is 20.5. The summed E-state index contributed by atoms with van der Waals surface area (Å²) in [6.45, 7) is 1.91. The van der Waals surface area contributed by atoms with Gasteiger partial charge in [0.15, 0.2) is 0 Å². The lowest BCUT2D eigenvalue weighted by atomic mass is 10.1. The zero-order chi connectivity index (χ0) is 20.1. The first-order valence-corrected chi connectivity index (χ1v) is 9.54. The third-order valence-electron chi connectivity index (χ3n) is 4.15. The fraction of sp³-hybridized carbons (Fsp3) is 0.316. The van der Waals surface area contributed by atoms with Crippen LogP contribution in [0, 0.1) is 5.82 Å². The van der Waals surface area contributed by atoms with Crippen molar-refractivity contribution in [1.82, 2.24) is 0 Å². The van der Waals surface area contributed by atoms with Crippen molar-refractivity contribution in [2.45, 2.75) is 11.1 Å². The molecule has 150 valence electrons. The molecule has 1 N–H and O–H groups in total. The Kier molecular flexibility index (Phi) is 6.46. The molecule has 4 nitrogen and oxygen atoms in total. The van der Waals surface area contributed by atoms with Crippen LogP contribution in [0.3, 0.4) is 0 Å². The van der Waals surface area contributed by atoms with E-state index in [2.05, 4.69) is 5.32 Å². The van der Waals surface area contributed by atoms with Gasteiger partial charge in [-0.25, -0.2) is 4.39 Å². The van der Waals surface area contributed by atoms with E-state index in [1.807, 2.05) is 0 Å². The fourth-order valence-electron chi connectivity index (χ4n) is 2.79. The molecule has 28 heavy (non-hydrogen) atoms. The minimum atomic E-state index is -4.62. The molecule has 1 fully saturated rings. The summed E-state index contributed by atoms with van der Waals surface area (Å²) in [5.41, 5.74) is -0.807. The van der Waals surface area contributed by atoms with Crippen LogP contribution in [0.2, 0.25) is 0 Å². The molecule has 1 saturated heterocycles.